The first-order valence-corrected chi connectivity index (χ1v) is 8.11. The lowest BCUT2D eigenvalue weighted by molar-refractivity contribution is 0.448. The molecule has 0 unspecified atom stereocenters. The monoisotopic (exact) mass is 316 g/mol. The maximum absolute atomic E-state index is 4.71. The molecule has 124 valence electrons. The van der Waals surface area contributed by atoms with Gasteiger partial charge in [0.1, 0.15) is 18.0 Å². The molecule has 8 nitrogen and oxygen atoms in total. The van der Waals surface area contributed by atoms with E-state index in [9.17, 15) is 0 Å². The van der Waals surface area contributed by atoms with Gasteiger partial charge in [-0.15, -0.1) is 0 Å². The Morgan fingerprint density at radius 3 is 2.70 bits per heavy atom. The van der Waals surface area contributed by atoms with Crippen molar-refractivity contribution in [1.82, 2.24) is 30.1 Å². The minimum Gasteiger partial charge on any atom is -0.347 e. The predicted molar refractivity (Wildman–Crippen MR) is 88.6 cm³/mol. The Labute approximate surface area is 136 Å². The van der Waals surface area contributed by atoms with Crippen LogP contribution >= 0.6 is 0 Å². The van der Waals surface area contributed by atoms with Crippen LogP contribution < -0.4 is 9.80 Å². The summed E-state index contributed by atoms with van der Waals surface area (Å²) in [5.41, 5.74) is 0. The number of nitrogens with one attached hydrogen (secondary N) is 1. The van der Waals surface area contributed by atoms with Crippen LogP contribution in [0.15, 0.2) is 6.33 Å². The Hall–Kier alpha value is -2.25. The summed E-state index contributed by atoms with van der Waals surface area (Å²) in [5.74, 6) is 3.38. The molecule has 0 amide bonds. The number of H-pyrrole nitrogens is 1. The summed E-state index contributed by atoms with van der Waals surface area (Å²) in [7, 11) is 3.90. The fourth-order valence-electron chi connectivity index (χ4n) is 2.79. The highest BCUT2D eigenvalue weighted by Gasteiger charge is 2.29. The van der Waals surface area contributed by atoms with Gasteiger partial charge in [0.25, 0.3) is 0 Å². The van der Waals surface area contributed by atoms with Gasteiger partial charge >= 0.3 is 0 Å². The molecule has 0 aromatic carbocycles. The predicted octanol–water partition coefficient (Wildman–Crippen LogP) is 1.91. The van der Waals surface area contributed by atoms with Crippen LogP contribution in [-0.4, -0.2) is 50.8 Å². The van der Waals surface area contributed by atoms with E-state index < -0.39 is 0 Å². The average molecular weight is 316 g/mol. The summed E-state index contributed by atoms with van der Waals surface area (Å²) in [6.07, 6.45) is 4.88. The molecule has 3 rings (SSSR count). The molecule has 0 spiro atoms. The van der Waals surface area contributed by atoms with Gasteiger partial charge in [0.05, 0.1) is 6.04 Å². The Balaban J connectivity index is 2.00. The summed E-state index contributed by atoms with van der Waals surface area (Å²) >= 11 is 0. The summed E-state index contributed by atoms with van der Waals surface area (Å²) in [4.78, 5) is 22.4. The van der Waals surface area contributed by atoms with E-state index >= 15 is 0 Å². The summed E-state index contributed by atoms with van der Waals surface area (Å²) in [6.45, 7) is 5.12. The molecule has 1 fully saturated rings. The molecular formula is C15H24N8. The number of aromatic amines is 1. The van der Waals surface area contributed by atoms with Gasteiger partial charge < -0.3 is 9.80 Å². The lowest BCUT2D eigenvalue weighted by atomic mass is 10.0. The quantitative estimate of drug-likeness (QED) is 0.922. The second kappa shape index (κ2) is 6.47. The molecule has 0 aliphatic carbocycles. The Kier molecular flexibility index (Phi) is 4.40. The van der Waals surface area contributed by atoms with Crippen LogP contribution in [0.1, 0.15) is 56.7 Å². The van der Waals surface area contributed by atoms with Gasteiger partial charge in [-0.25, -0.2) is 4.98 Å². The molecule has 1 N–H and O–H groups in total. The number of piperidine rings is 1. The van der Waals surface area contributed by atoms with Crippen molar-refractivity contribution in [3.8, 4) is 0 Å². The summed E-state index contributed by atoms with van der Waals surface area (Å²) in [5, 5.41) is 6.99. The van der Waals surface area contributed by atoms with Crippen molar-refractivity contribution in [2.45, 2.75) is 45.1 Å². The van der Waals surface area contributed by atoms with Gasteiger partial charge in [-0.3, -0.25) is 5.10 Å². The number of rotatable bonds is 4. The highest BCUT2D eigenvalue weighted by atomic mass is 15.4. The van der Waals surface area contributed by atoms with Crippen LogP contribution in [0.25, 0.3) is 0 Å². The zero-order valence-corrected chi connectivity index (χ0v) is 14.2. The van der Waals surface area contributed by atoms with Gasteiger partial charge in [-0.1, -0.05) is 13.8 Å². The molecule has 23 heavy (non-hydrogen) atoms. The normalized spacial score (nSPS) is 18.5. The first-order valence-electron chi connectivity index (χ1n) is 8.11. The van der Waals surface area contributed by atoms with E-state index in [4.69, 9.17) is 4.98 Å². The van der Waals surface area contributed by atoms with Crippen LogP contribution in [0, 0.1) is 0 Å². The number of hydrogen-bond donors (Lipinski definition) is 1. The van der Waals surface area contributed by atoms with Crippen molar-refractivity contribution in [3.63, 3.8) is 0 Å². The van der Waals surface area contributed by atoms with Crippen LogP contribution in [0.4, 0.5) is 11.9 Å². The van der Waals surface area contributed by atoms with Crippen molar-refractivity contribution in [1.29, 1.82) is 0 Å². The van der Waals surface area contributed by atoms with Gasteiger partial charge in [-0.2, -0.15) is 20.1 Å². The Morgan fingerprint density at radius 1 is 1.22 bits per heavy atom. The van der Waals surface area contributed by atoms with Crippen molar-refractivity contribution < 1.29 is 0 Å². The third-order valence-corrected chi connectivity index (χ3v) is 4.05. The highest BCUT2D eigenvalue weighted by molar-refractivity contribution is 5.40. The largest absolute Gasteiger partial charge is 0.347 e. The molecule has 3 heterocycles. The second-order valence-electron chi connectivity index (χ2n) is 6.42. The van der Waals surface area contributed by atoms with E-state index in [1.54, 1.807) is 6.33 Å². The van der Waals surface area contributed by atoms with Crippen molar-refractivity contribution in [2.75, 3.05) is 30.4 Å². The van der Waals surface area contributed by atoms with E-state index in [0.717, 1.165) is 37.0 Å². The second-order valence-corrected chi connectivity index (χ2v) is 6.42. The van der Waals surface area contributed by atoms with E-state index in [2.05, 4.69) is 43.9 Å². The first kappa shape index (κ1) is 15.6. The molecule has 1 atom stereocenters. The van der Waals surface area contributed by atoms with Crippen molar-refractivity contribution in [3.05, 3.63) is 18.0 Å². The molecule has 0 radical (unpaired) electrons. The molecule has 0 saturated carbocycles. The molecule has 8 heteroatoms. The minimum atomic E-state index is 0.142. The number of aromatic nitrogens is 6. The first-order chi connectivity index (χ1) is 11.1. The van der Waals surface area contributed by atoms with Gasteiger partial charge in [0, 0.05) is 26.6 Å². The molecular weight excluding hydrogens is 292 g/mol. The van der Waals surface area contributed by atoms with Crippen molar-refractivity contribution in [2.24, 2.45) is 0 Å². The fraction of sp³-hybridized carbons (Fsp3) is 0.667. The number of anilines is 2. The maximum atomic E-state index is 4.71. The molecule has 1 saturated heterocycles. The number of nitrogens with zero attached hydrogens (tertiary/aromatic N) is 7. The van der Waals surface area contributed by atoms with Crippen LogP contribution in [-0.2, 0) is 0 Å². The van der Waals surface area contributed by atoms with Crippen molar-refractivity contribution >= 4 is 11.9 Å². The molecule has 1 aliphatic heterocycles. The summed E-state index contributed by atoms with van der Waals surface area (Å²) in [6, 6.07) is 0.142. The van der Waals surface area contributed by atoms with Crippen LogP contribution in [0.2, 0.25) is 0 Å². The molecule has 0 bridgehead atoms. The minimum absolute atomic E-state index is 0.142. The van der Waals surface area contributed by atoms with E-state index in [0.29, 0.717) is 5.95 Å². The van der Waals surface area contributed by atoms with Gasteiger partial charge in [0.15, 0.2) is 0 Å². The lowest BCUT2D eigenvalue weighted by Crippen LogP contribution is -2.36. The highest BCUT2D eigenvalue weighted by Crippen LogP contribution is 2.32. The van der Waals surface area contributed by atoms with Crippen LogP contribution in [0.5, 0.6) is 0 Å². The zero-order chi connectivity index (χ0) is 16.4. The fourth-order valence-corrected chi connectivity index (χ4v) is 2.79. The van der Waals surface area contributed by atoms with Crippen LogP contribution in [0.3, 0.4) is 0 Å². The average Bonchev–Trinajstić information content (AvgIpc) is 3.08. The zero-order valence-electron chi connectivity index (χ0n) is 14.2. The number of hydrogen-bond acceptors (Lipinski definition) is 7. The third-order valence-electron chi connectivity index (χ3n) is 4.05. The molecule has 1 aliphatic rings. The Bertz CT molecular complexity index is 611. The Morgan fingerprint density at radius 2 is 2.04 bits per heavy atom. The summed E-state index contributed by atoms with van der Waals surface area (Å²) < 4.78 is 0. The standard InChI is InChI=1S/C15H24N8/c1-10(2)12-18-14(22(3)4)20-15(19-12)23-8-6-5-7-11(23)13-16-9-17-21-13/h9-11H,5-8H2,1-4H3,(H,16,17,21)/t11-/m0/s1. The van der Waals surface area contributed by atoms with E-state index in [1.165, 1.54) is 6.42 Å². The van der Waals surface area contributed by atoms with E-state index in [1.807, 2.05) is 19.0 Å². The smallest absolute Gasteiger partial charge is 0.231 e. The molecule has 2 aromatic heterocycles. The SMILES string of the molecule is CC(C)c1nc(N(C)C)nc(N2CCCC[C@H]2c2ncn[nH]2)n1. The topological polar surface area (TPSA) is 86.7 Å². The van der Waals surface area contributed by atoms with Gasteiger partial charge in [-0.05, 0) is 19.3 Å². The lowest BCUT2D eigenvalue weighted by Gasteiger charge is -2.34. The third kappa shape index (κ3) is 3.25. The van der Waals surface area contributed by atoms with E-state index in [-0.39, 0.29) is 12.0 Å². The molecule has 2 aromatic rings. The van der Waals surface area contributed by atoms with Gasteiger partial charge in [0.2, 0.25) is 11.9 Å². The maximum Gasteiger partial charge on any atom is 0.231 e.